The van der Waals surface area contributed by atoms with Gasteiger partial charge in [-0.1, -0.05) is 0 Å². The van der Waals surface area contributed by atoms with Crippen LogP contribution >= 0.6 is 0 Å². The molecule has 8 heteroatoms. The van der Waals surface area contributed by atoms with E-state index in [1.165, 1.54) is 0 Å². The van der Waals surface area contributed by atoms with Crippen molar-refractivity contribution in [2.45, 2.75) is 13.0 Å². The Morgan fingerprint density at radius 2 is 2.41 bits per heavy atom. The highest BCUT2D eigenvalue weighted by atomic mass is 16.2. The SMILES string of the molecule is CC(NC(=O)c1nc(N)n[nH]1)c1cnn(C)c1. The quantitative estimate of drug-likeness (QED) is 0.670. The van der Waals surface area contributed by atoms with Crippen LogP contribution in [0.25, 0.3) is 0 Å². The van der Waals surface area contributed by atoms with Crippen LogP contribution in [-0.4, -0.2) is 30.9 Å². The van der Waals surface area contributed by atoms with Gasteiger partial charge in [-0.05, 0) is 6.92 Å². The zero-order chi connectivity index (χ0) is 12.4. The van der Waals surface area contributed by atoms with Gasteiger partial charge in [0.2, 0.25) is 11.8 Å². The molecule has 2 heterocycles. The minimum absolute atomic E-state index is 0.0455. The first-order valence-electron chi connectivity index (χ1n) is 5.03. The van der Waals surface area contributed by atoms with Crippen LogP contribution in [0.2, 0.25) is 0 Å². The summed E-state index contributed by atoms with van der Waals surface area (Å²) in [7, 11) is 1.81. The largest absolute Gasteiger partial charge is 0.366 e. The van der Waals surface area contributed by atoms with Gasteiger partial charge in [0, 0.05) is 18.8 Å². The van der Waals surface area contributed by atoms with Crippen LogP contribution in [0, 0.1) is 0 Å². The lowest BCUT2D eigenvalue weighted by molar-refractivity contribution is 0.0930. The van der Waals surface area contributed by atoms with Crippen molar-refractivity contribution in [2.24, 2.45) is 7.05 Å². The molecule has 0 aromatic carbocycles. The highest BCUT2D eigenvalue weighted by molar-refractivity contribution is 5.90. The molecule has 0 aliphatic carbocycles. The van der Waals surface area contributed by atoms with Crippen molar-refractivity contribution in [2.75, 3.05) is 5.73 Å². The molecule has 8 nitrogen and oxygen atoms in total. The van der Waals surface area contributed by atoms with E-state index in [9.17, 15) is 4.79 Å². The summed E-state index contributed by atoms with van der Waals surface area (Å²) < 4.78 is 1.67. The maximum atomic E-state index is 11.7. The number of rotatable bonds is 3. The first-order valence-corrected chi connectivity index (χ1v) is 5.03. The first kappa shape index (κ1) is 11.1. The summed E-state index contributed by atoms with van der Waals surface area (Å²) in [4.78, 5) is 15.5. The second-order valence-electron chi connectivity index (χ2n) is 3.68. The molecule has 4 N–H and O–H groups in total. The molecular weight excluding hydrogens is 222 g/mol. The Balaban J connectivity index is 2.04. The van der Waals surface area contributed by atoms with Crippen LogP contribution in [0.3, 0.4) is 0 Å². The minimum atomic E-state index is -0.356. The molecule has 0 fully saturated rings. The lowest BCUT2D eigenvalue weighted by Gasteiger charge is -2.10. The van der Waals surface area contributed by atoms with Gasteiger partial charge in [-0.25, -0.2) is 0 Å². The number of H-pyrrole nitrogens is 1. The smallest absolute Gasteiger partial charge is 0.289 e. The Morgan fingerprint density at radius 3 is 2.94 bits per heavy atom. The van der Waals surface area contributed by atoms with Gasteiger partial charge in [0.15, 0.2) is 0 Å². The average Bonchev–Trinajstić information content (AvgIpc) is 2.87. The van der Waals surface area contributed by atoms with Gasteiger partial charge in [-0.3, -0.25) is 14.6 Å². The Bertz CT molecular complexity index is 529. The number of aryl methyl sites for hydroxylation is 1. The molecule has 17 heavy (non-hydrogen) atoms. The molecule has 2 aromatic rings. The molecule has 2 aromatic heterocycles. The molecule has 90 valence electrons. The fourth-order valence-electron chi connectivity index (χ4n) is 1.39. The van der Waals surface area contributed by atoms with Gasteiger partial charge in [0.05, 0.1) is 12.2 Å². The lowest BCUT2D eigenvalue weighted by atomic mass is 10.2. The summed E-state index contributed by atoms with van der Waals surface area (Å²) in [5.41, 5.74) is 6.23. The third-order valence-electron chi connectivity index (χ3n) is 2.29. The number of nitrogens with zero attached hydrogens (tertiary/aromatic N) is 4. The van der Waals surface area contributed by atoms with Gasteiger partial charge < -0.3 is 11.1 Å². The van der Waals surface area contributed by atoms with Crippen molar-refractivity contribution in [3.05, 3.63) is 23.8 Å². The second-order valence-corrected chi connectivity index (χ2v) is 3.68. The number of anilines is 1. The standard InChI is InChI=1S/C9H13N7O/c1-5(6-3-11-16(2)4-6)12-8(17)7-13-9(10)15-14-7/h3-5H,1-2H3,(H,12,17)(H3,10,13,14,15). The van der Waals surface area contributed by atoms with Crippen molar-refractivity contribution in [3.63, 3.8) is 0 Å². The van der Waals surface area contributed by atoms with Crippen LogP contribution in [0.15, 0.2) is 12.4 Å². The molecule has 0 saturated carbocycles. The summed E-state index contributed by atoms with van der Waals surface area (Å²) in [5.74, 6) is -0.215. The minimum Gasteiger partial charge on any atom is -0.366 e. The number of hydrogen-bond donors (Lipinski definition) is 3. The van der Waals surface area contributed by atoms with E-state index in [0.29, 0.717) is 0 Å². The maximum Gasteiger partial charge on any atom is 0.289 e. The van der Waals surface area contributed by atoms with Crippen LogP contribution in [0.1, 0.15) is 29.1 Å². The Morgan fingerprint density at radius 1 is 1.65 bits per heavy atom. The summed E-state index contributed by atoms with van der Waals surface area (Å²) >= 11 is 0. The first-order chi connectivity index (χ1) is 8.06. The Kier molecular flexibility index (Phi) is 2.77. The number of nitrogen functional groups attached to an aromatic ring is 1. The fraction of sp³-hybridized carbons (Fsp3) is 0.333. The molecule has 1 atom stereocenters. The van der Waals surface area contributed by atoms with Gasteiger partial charge in [0.1, 0.15) is 0 Å². The number of nitrogens with two attached hydrogens (primary N) is 1. The second kappa shape index (κ2) is 4.24. The summed E-state index contributed by atoms with van der Waals surface area (Å²) in [6.45, 7) is 1.86. The lowest BCUT2D eigenvalue weighted by Crippen LogP contribution is -2.27. The number of aromatic amines is 1. The normalized spacial score (nSPS) is 12.4. The molecule has 1 amide bonds. The number of carbonyl (C=O) groups excluding carboxylic acids is 1. The van der Waals surface area contributed by atoms with E-state index in [1.54, 1.807) is 10.9 Å². The van der Waals surface area contributed by atoms with Crippen LogP contribution in [0.5, 0.6) is 0 Å². The monoisotopic (exact) mass is 235 g/mol. The molecule has 0 aliphatic rings. The van der Waals surface area contributed by atoms with Crippen molar-refractivity contribution < 1.29 is 4.79 Å². The van der Waals surface area contributed by atoms with E-state index in [-0.39, 0.29) is 23.7 Å². The predicted molar refractivity (Wildman–Crippen MR) is 59.9 cm³/mol. The fourth-order valence-corrected chi connectivity index (χ4v) is 1.39. The highest BCUT2D eigenvalue weighted by Crippen LogP contribution is 2.10. The zero-order valence-corrected chi connectivity index (χ0v) is 9.51. The van der Waals surface area contributed by atoms with Gasteiger partial charge in [-0.15, -0.1) is 5.10 Å². The van der Waals surface area contributed by atoms with E-state index in [1.807, 2.05) is 20.2 Å². The molecule has 0 aliphatic heterocycles. The number of nitrogens with one attached hydrogen (secondary N) is 2. The van der Waals surface area contributed by atoms with Gasteiger partial charge in [0.25, 0.3) is 5.91 Å². The van der Waals surface area contributed by atoms with Gasteiger partial charge >= 0.3 is 0 Å². The summed E-state index contributed by atoms with van der Waals surface area (Å²) in [5, 5.41) is 12.8. The predicted octanol–water partition coefficient (Wildman–Crippen LogP) is -0.389. The molecule has 0 saturated heterocycles. The highest BCUT2D eigenvalue weighted by Gasteiger charge is 2.15. The number of carbonyl (C=O) groups is 1. The summed E-state index contributed by atoms with van der Waals surface area (Å²) in [6.07, 6.45) is 3.53. The topological polar surface area (TPSA) is 115 Å². The molecule has 1 unspecified atom stereocenters. The van der Waals surface area contributed by atoms with E-state index in [0.717, 1.165) is 5.56 Å². The Hall–Kier alpha value is -2.38. The number of hydrogen-bond acceptors (Lipinski definition) is 5. The van der Waals surface area contributed by atoms with Crippen LogP contribution in [0.4, 0.5) is 5.95 Å². The molecule has 0 spiro atoms. The van der Waals surface area contributed by atoms with Crippen molar-refractivity contribution in [1.29, 1.82) is 0 Å². The zero-order valence-electron chi connectivity index (χ0n) is 9.51. The van der Waals surface area contributed by atoms with Crippen LogP contribution < -0.4 is 11.1 Å². The van der Waals surface area contributed by atoms with E-state index in [4.69, 9.17) is 5.73 Å². The molecule has 0 radical (unpaired) electrons. The third kappa shape index (κ3) is 2.41. The molecule has 2 rings (SSSR count). The average molecular weight is 235 g/mol. The Labute approximate surface area is 97.2 Å². The van der Waals surface area contributed by atoms with Crippen molar-refractivity contribution in [1.82, 2.24) is 30.3 Å². The number of aromatic nitrogens is 5. The summed E-state index contributed by atoms with van der Waals surface area (Å²) in [6, 6.07) is -0.164. The third-order valence-corrected chi connectivity index (χ3v) is 2.29. The number of amides is 1. The maximum absolute atomic E-state index is 11.7. The molecule has 0 bridgehead atoms. The van der Waals surface area contributed by atoms with Crippen molar-refractivity contribution in [3.8, 4) is 0 Å². The molecular formula is C9H13N7O. The van der Waals surface area contributed by atoms with E-state index >= 15 is 0 Å². The van der Waals surface area contributed by atoms with E-state index < -0.39 is 0 Å². The van der Waals surface area contributed by atoms with E-state index in [2.05, 4.69) is 25.6 Å². The van der Waals surface area contributed by atoms with Crippen molar-refractivity contribution >= 4 is 11.9 Å². The van der Waals surface area contributed by atoms with Gasteiger partial charge in [-0.2, -0.15) is 10.1 Å². The van der Waals surface area contributed by atoms with Crippen LogP contribution in [-0.2, 0) is 7.05 Å².